The van der Waals surface area contributed by atoms with Gasteiger partial charge in [0.15, 0.2) is 0 Å². The zero-order chi connectivity index (χ0) is 19.3. The Kier molecular flexibility index (Phi) is 5.11. The van der Waals surface area contributed by atoms with E-state index in [0.717, 1.165) is 29.5 Å². The highest BCUT2D eigenvalue weighted by Crippen LogP contribution is 2.32. The van der Waals surface area contributed by atoms with Crippen molar-refractivity contribution in [1.29, 1.82) is 0 Å². The van der Waals surface area contributed by atoms with Gasteiger partial charge in [0, 0.05) is 35.9 Å². The summed E-state index contributed by atoms with van der Waals surface area (Å²) < 4.78 is 7.41. The minimum absolute atomic E-state index is 0.790. The quantitative estimate of drug-likeness (QED) is 0.477. The van der Waals surface area contributed by atoms with Crippen molar-refractivity contribution in [3.05, 3.63) is 96.6 Å². The molecule has 0 aliphatic rings. The van der Waals surface area contributed by atoms with Gasteiger partial charge in [-0.15, -0.1) is 0 Å². The van der Waals surface area contributed by atoms with Gasteiger partial charge in [0.1, 0.15) is 11.6 Å². The van der Waals surface area contributed by atoms with Crippen LogP contribution < -0.4 is 10.1 Å². The second kappa shape index (κ2) is 8.01. The Hall–Kier alpha value is -3.53. The van der Waals surface area contributed by atoms with Gasteiger partial charge >= 0.3 is 0 Å². The van der Waals surface area contributed by atoms with Crippen molar-refractivity contribution in [2.75, 3.05) is 12.4 Å². The Labute approximate surface area is 165 Å². The van der Waals surface area contributed by atoms with Crippen LogP contribution in [0.4, 0.5) is 11.4 Å². The minimum Gasteiger partial charge on any atom is -0.497 e. The maximum atomic E-state index is 5.27. The number of rotatable bonds is 6. The second-order valence-electron chi connectivity index (χ2n) is 6.70. The molecule has 0 spiro atoms. The molecule has 4 heteroatoms. The van der Waals surface area contributed by atoms with Crippen LogP contribution in [-0.2, 0) is 6.54 Å². The molecule has 0 fully saturated rings. The van der Waals surface area contributed by atoms with Crippen LogP contribution in [0.25, 0.3) is 11.1 Å². The van der Waals surface area contributed by atoms with E-state index in [0.29, 0.717) is 0 Å². The fourth-order valence-corrected chi connectivity index (χ4v) is 3.26. The molecule has 1 heterocycles. The molecule has 0 amide bonds. The van der Waals surface area contributed by atoms with Gasteiger partial charge in [0.05, 0.1) is 7.11 Å². The van der Waals surface area contributed by atoms with Crippen LogP contribution >= 0.6 is 0 Å². The van der Waals surface area contributed by atoms with E-state index in [4.69, 9.17) is 4.74 Å². The molecule has 0 saturated heterocycles. The third-order valence-electron chi connectivity index (χ3n) is 4.81. The van der Waals surface area contributed by atoms with Crippen molar-refractivity contribution in [1.82, 2.24) is 9.55 Å². The lowest BCUT2D eigenvalue weighted by Crippen LogP contribution is -2.02. The maximum Gasteiger partial charge on any atom is 0.119 e. The van der Waals surface area contributed by atoms with Crippen molar-refractivity contribution in [3.63, 3.8) is 0 Å². The number of nitrogens with zero attached hydrogens (tertiary/aromatic N) is 2. The van der Waals surface area contributed by atoms with Crippen molar-refractivity contribution in [3.8, 4) is 16.9 Å². The predicted octanol–water partition coefficient (Wildman–Crippen LogP) is 5.66. The summed E-state index contributed by atoms with van der Waals surface area (Å²) in [4.78, 5) is 4.32. The molecule has 0 aliphatic heterocycles. The average Bonchev–Trinajstić information content (AvgIpc) is 3.14. The summed E-state index contributed by atoms with van der Waals surface area (Å²) in [6, 6.07) is 25.0. The number of ether oxygens (including phenoxy) is 1. The van der Waals surface area contributed by atoms with Gasteiger partial charge in [-0.25, -0.2) is 4.98 Å². The summed E-state index contributed by atoms with van der Waals surface area (Å²) in [5.74, 6) is 1.86. The Bertz CT molecular complexity index is 1050. The first-order chi connectivity index (χ1) is 13.7. The topological polar surface area (TPSA) is 39.1 Å². The highest BCUT2D eigenvalue weighted by atomic mass is 16.5. The molecular formula is C24H23N3O. The van der Waals surface area contributed by atoms with E-state index in [9.17, 15) is 0 Å². The largest absolute Gasteiger partial charge is 0.497 e. The number of nitrogens with one attached hydrogen (secondary N) is 1. The maximum absolute atomic E-state index is 5.27. The first-order valence-corrected chi connectivity index (χ1v) is 9.30. The van der Waals surface area contributed by atoms with Crippen molar-refractivity contribution >= 4 is 11.4 Å². The van der Waals surface area contributed by atoms with E-state index >= 15 is 0 Å². The number of imidazole rings is 1. The molecule has 28 heavy (non-hydrogen) atoms. The molecule has 1 N–H and O–H groups in total. The lowest BCUT2D eigenvalue weighted by atomic mass is 10.0. The lowest BCUT2D eigenvalue weighted by molar-refractivity contribution is 0.415. The molecule has 0 aliphatic carbocycles. The lowest BCUT2D eigenvalue weighted by Gasteiger charge is -2.15. The van der Waals surface area contributed by atoms with Crippen LogP contribution in [0.1, 0.15) is 11.4 Å². The van der Waals surface area contributed by atoms with Crippen LogP contribution in [0.15, 0.2) is 85.2 Å². The smallest absolute Gasteiger partial charge is 0.119 e. The fourth-order valence-electron chi connectivity index (χ4n) is 3.26. The monoisotopic (exact) mass is 369 g/mol. The van der Waals surface area contributed by atoms with Crippen molar-refractivity contribution in [2.45, 2.75) is 13.5 Å². The molecule has 140 valence electrons. The number of methoxy groups -OCH3 is 1. The molecule has 0 unspecified atom stereocenters. The first-order valence-electron chi connectivity index (χ1n) is 9.30. The standard InChI is InChI=1S/C24H23N3O/c1-18-25-14-15-27(18)17-19-8-13-23(20-6-4-3-5-7-20)24(16-19)26-21-9-11-22(28-2)12-10-21/h3-16,26H,17H2,1-2H3. The zero-order valence-electron chi connectivity index (χ0n) is 16.1. The van der Waals surface area contributed by atoms with Gasteiger partial charge < -0.3 is 14.6 Å². The van der Waals surface area contributed by atoms with E-state index in [1.165, 1.54) is 16.7 Å². The molecule has 4 aromatic rings. The third kappa shape index (κ3) is 3.91. The summed E-state index contributed by atoms with van der Waals surface area (Å²) in [5, 5.41) is 3.58. The molecule has 4 nitrogen and oxygen atoms in total. The van der Waals surface area contributed by atoms with E-state index in [1.54, 1.807) is 7.11 Å². The van der Waals surface area contributed by atoms with Gasteiger partial charge in [-0.2, -0.15) is 0 Å². The van der Waals surface area contributed by atoms with Gasteiger partial charge in [0.2, 0.25) is 0 Å². The predicted molar refractivity (Wildman–Crippen MR) is 114 cm³/mol. The second-order valence-corrected chi connectivity index (χ2v) is 6.70. The normalized spacial score (nSPS) is 10.6. The number of anilines is 2. The number of hydrogen-bond acceptors (Lipinski definition) is 3. The first kappa shape index (κ1) is 17.9. The van der Waals surface area contributed by atoms with Crippen LogP contribution in [0.3, 0.4) is 0 Å². The fraction of sp³-hybridized carbons (Fsp3) is 0.125. The van der Waals surface area contributed by atoms with Gasteiger partial charge in [0.25, 0.3) is 0 Å². The van der Waals surface area contributed by atoms with Crippen molar-refractivity contribution < 1.29 is 4.74 Å². The molecular weight excluding hydrogens is 346 g/mol. The van der Waals surface area contributed by atoms with Crippen molar-refractivity contribution in [2.24, 2.45) is 0 Å². The average molecular weight is 369 g/mol. The highest BCUT2D eigenvalue weighted by Gasteiger charge is 2.08. The Morgan fingerprint density at radius 2 is 1.75 bits per heavy atom. The third-order valence-corrected chi connectivity index (χ3v) is 4.81. The SMILES string of the molecule is COc1ccc(Nc2cc(Cn3ccnc3C)ccc2-c2ccccc2)cc1. The molecule has 0 bridgehead atoms. The van der Waals surface area contributed by atoms with E-state index in [1.807, 2.05) is 49.6 Å². The van der Waals surface area contributed by atoms with Crippen LogP contribution in [-0.4, -0.2) is 16.7 Å². The summed E-state index contributed by atoms with van der Waals surface area (Å²) in [6.45, 7) is 2.81. The van der Waals surface area contributed by atoms with Gasteiger partial charge in [-0.3, -0.25) is 0 Å². The summed E-state index contributed by atoms with van der Waals surface area (Å²) in [6.07, 6.45) is 3.85. The van der Waals surface area contributed by atoms with Crippen LogP contribution in [0.5, 0.6) is 5.75 Å². The molecule has 0 atom stereocenters. The highest BCUT2D eigenvalue weighted by molar-refractivity contribution is 5.81. The van der Waals surface area contributed by atoms with E-state index < -0.39 is 0 Å². The molecule has 4 rings (SSSR count). The molecule has 0 saturated carbocycles. The van der Waals surface area contributed by atoms with Crippen LogP contribution in [0, 0.1) is 6.92 Å². The minimum atomic E-state index is 0.790. The van der Waals surface area contributed by atoms with E-state index in [-0.39, 0.29) is 0 Å². The Morgan fingerprint density at radius 3 is 2.43 bits per heavy atom. The number of aryl methyl sites for hydroxylation is 1. The Balaban J connectivity index is 1.70. The van der Waals surface area contributed by atoms with Gasteiger partial charge in [-0.1, -0.05) is 42.5 Å². The number of aromatic nitrogens is 2. The molecule has 0 radical (unpaired) electrons. The van der Waals surface area contributed by atoms with Gasteiger partial charge in [-0.05, 0) is 48.4 Å². The Morgan fingerprint density at radius 1 is 0.964 bits per heavy atom. The molecule has 1 aromatic heterocycles. The summed E-state index contributed by atoms with van der Waals surface area (Å²) in [7, 11) is 1.68. The number of hydrogen-bond donors (Lipinski definition) is 1. The van der Waals surface area contributed by atoms with E-state index in [2.05, 4.69) is 57.3 Å². The zero-order valence-corrected chi connectivity index (χ0v) is 16.1. The summed E-state index contributed by atoms with van der Waals surface area (Å²) in [5.41, 5.74) is 5.67. The number of benzene rings is 3. The van der Waals surface area contributed by atoms with Crippen LogP contribution in [0.2, 0.25) is 0 Å². The molecule has 3 aromatic carbocycles. The summed E-state index contributed by atoms with van der Waals surface area (Å²) >= 11 is 0.